The Morgan fingerprint density at radius 1 is 1.67 bits per heavy atom. The molecule has 0 aromatic carbocycles. The SMILES string of the molecule is COC1CNC(C(=O)NC2(CO)CC2)C1. The molecule has 1 amide bonds. The van der Waals surface area contributed by atoms with Gasteiger partial charge in [-0.1, -0.05) is 0 Å². The second-order valence-corrected chi connectivity index (χ2v) is 4.48. The number of aliphatic hydroxyl groups excluding tert-OH is 1. The van der Waals surface area contributed by atoms with Crippen LogP contribution in [0.4, 0.5) is 0 Å². The number of ether oxygens (including phenoxy) is 1. The summed E-state index contributed by atoms with van der Waals surface area (Å²) in [6.45, 7) is 0.764. The summed E-state index contributed by atoms with van der Waals surface area (Å²) in [5.74, 6) is -0.0129. The molecule has 3 N–H and O–H groups in total. The zero-order valence-corrected chi connectivity index (χ0v) is 8.95. The smallest absolute Gasteiger partial charge is 0.237 e. The Labute approximate surface area is 89.2 Å². The maximum Gasteiger partial charge on any atom is 0.237 e. The Hall–Kier alpha value is -0.650. The Balaban J connectivity index is 1.82. The van der Waals surface area contributed by atoms with Crippen LogP contribution in [-0.4, -0.2) is 49.0 Å². The molecule has 2 aliphatic rings. The van der Waals surface area contributed by atoms with E-state index < -0.39 is 0 Å². The van der Waals surface area contributed by atoms with Gasteiger partial charge >= 0.3 is 0 Å². The van der Waals surface area contributed by atoms with Crippen LogP contribution >= 0.6 is 0 Å². The molecule has 86 valence electrons. The monoisotopic (exact) mass is 214 g/mol. The summed E-state index contributed by atoms with van der Waals surface area (Å²) in [4.78, 5) is 11.8. The van der Waals surface area contributed by atoms with Crippen LogP contribution in [0, 0.1) is 0 Å². The number of nitrogens with one attached hydrogen (secondary N) is 2. The average Bonchev–Trinajstić information content (AvgIpc) is 2.85. The number of amides is 1. The molecule has 1 aliphatic heterocycles. The molecule has 2 fully saturated rings. The van der Waals surface area contributed by atoms with Gasteiger partial charge in [-0.25, -0.2) is 0 Å². The first-order chi connectivity index (χ1) is 7.19. The van der Waals surface area contributed by atoms with Crippen molar-refractivity contribution >= 4 is 5.91 Å². The van der Waals surface area contributed by atoms with Gasteiger partial charge in [-0.15, -0.1) is 0 Å². The van der Waals surface area contributed by atoms with E-state index in [1.807, 2.05) is 0 Å². The van der Waals surface area contributed by atoms with E-state index in [1.54, 1.807) is 7.11 Å². The van der Waals surface area contributed by atoms with E-state index in [2.05, 4.69) is 10.6 Å². The zero-order valence-electron chi connectivity index (χ0n) is 8.95. The van der Waals surface area contributed by atoms with Gasteiger partial charge in [-0.2, -0.15) is 0 Å². The van der Waals surface area contributed by atoms with Crippen LogP contribution in [0.25, 0.3) is 0 Å². The van der Waals surface area contributed by atoms with Gasteiger partial charge in [0.1, 0.15) is 0 Å². The number of carbonyl (C=O) groups is 1. The highest BCUT2D eigenvalue weighted by Crippen LogP contribution is 2.34. The third-order valence-electron chi connectivity index (χ3n) is 3.28. The minimum absolute atomic E-state index is 0.0129. The summed E-state index contributed by atoms with van der Waals surface area (Å²) in [5, 5.41) is 15.1. The van der Waals surface area contributed by atoms with E-state index in [0.29, 0.717) is 6.42 Å². The van der Waals surface area contributed by atoms with Gasteiger partial charge in [0.05, 0.1) is 24.3 Å². The number of hydrogen-bond donors (Lipinski definition) is 3. The lowest BCUT2D eigenvalue weighted by Gasteiger charge is -2.17. The molecular weight excluding hydrogens is 196 g/mol. The van der Waals surface area contributed by atoms with Gasteiger partial charge in [-0.05, 0) is 19.3 Å². The molecule has 2 rings (SSSR count). The van der Waals surface area contributed by atoms with Gasteiger partial charge in [0.2, 0.25) is 5.91 Å². The lowest BCUT2D eigenvalue weighted by molar-refractivity contribution is -0.124. The Bertz CT molecular complexity index is 253. The topological polar surface area (TPSA) is 70.6 Å². The number of rotatable bonds is 4. The summed E-state index contributed by atoms with van der Waals surface area (Å²) in [7, 11) is 1.66. The molecule has 0 spiro atoms. The average molecular weight is 214 g/mol. The minimum Gasteiger partial charge on any atom is -0.394 e. The number of methoxy groups -OCH3 is 1. The van der Waals surface area contributed by atoms with Gasteiger partial charge in [0, 0.05) is 13.7 Å². The van der Waals surface area contributed by atoms with Gasteiger partial charge in [0.25, 0.3) is 0 Å². The van der Waals surface area contributed by atoms with Crippen molar-refractivity contribution in [3.05, 3.63) is 0 Å². The van der Waals surface area contributed by atoms with Crippen molar-refractivity contribution in [1.82, 2.24) is 10.6 Å². The quantitative estimate of drug-likeness (QED) is 0.561. The van der Waals surface area contributed by atoms with E-state index >= 15 is 0 Å². The Morgan fingerprint density at radius 3 is 2.87 bits per heavy atom. The molecule has 1 heterocycles. The molecule has 0 radical (unpaired) electrons. The van der Waals surface area contributed by atoms with Crippen molar-refractivity contribution in [3.8, 4) is 0 Å². The first kappa shape index (κ1) is 10.9. The number of aliphatic hydroxyl groups is 1. The lowest BCUT2D eigenvalue weighted by Crippen LogP contribution is -2.47. The second-order valence-electron chi connectivity index (χ2n) is 4.48. The van der Waals surface area contributed by atoms with Crippen molar-refractivity contribution in [2.45, 2.75) is 36.9 Å². The zero-order chi connectivity index (χ0) is 10.9. The van der Waals surface area contributed by atoms with Gasteiger partial charge in [-0.3, -0.25) is 4.79 Å². The fourth-order valence-corrected chi connectivity index (χ4v) is 1.90. The molecule has 5 heteroatoms. The summed E-state index contributed by atoms with van der Waals surface area (Å²) >= 11 is 0. The van der Waals surface area contributed by atoms with Crippen LogP contribution in [0.3, 0.4) is 0 Å². The maximum atomic E-state index is 11.8. The highest BCUT2D eigenvalue weighted by molar-refractivity contribution is 5.83. The highest BCUT2D eigenvalue weighted by atomic mass is 16.5. The summed E-state index contributed by atoms with van der Waals surface area (Å²) in [5.41, 5.74) is -0.316. The van der Waals surface area contributed by atoms with Crippen LogP contribution in [0.5, 0.6) is 0 Å². The molecule has 5 nitrogen and oxygen atoms in total. The molecule has 1 saturated heterocycles. The third-order valence-corrected chi connectivity index (χ3v) is 3.28. The maximum absolute atomic E-state index is 11.8. The molecule has 2 atom stereocenters. The Morgan fingerprint density at radius 2 is 2.40 bits per heavy atom. The van der Waals surface area contributed by atoms with Gasteiger partial charge in [0.15, 0.2) is 0 Å². The third kappa shape index (κ3) is 2.30. The molecule has 15 heavy (non-hydrogen) atoms. The van der Waals surface area contributed by atoms with Crippen molar-refractivity contribution < 1.29 is 14.6 Å². The molecule has 1 saturated carbocycles. The van der Waals surface area contributed by atoms with Gasteiger partial charge < -0.3 is 20.5 Å². The van der Waals surface area contributed by atoms with Crippen molar-refractivity contribution in [1.29, 1.82) is 0 Å². The van der Waals surface area contributed by atoms with Crippen LogP contribution in [0.1, 0.15) is 19.3 Å². The lowest BCUT2D eigenvalue weighted by atomic mass is 10.1. The largest absolute Gasteiger partial charge is 0.394 e. The summed E-state index contributed by atoms with van der Waals surface area (Å²) in [6.07, 6.45) is 2.61. The number of carbonyl (C=O) groups excluding carboxylic acids is 1. The molecule has 0 aromatic rings. The van der Waals surface area contributed by atoms with Crippen LogP contribution in [0.15, 0.2) is 0 Å². The predicted molar refractivity (Wildman–Crippen MR) is 54.4 cm³/mol. The normalized spacial score (nSPS) is 32.7. The van der Waals surface area contributed by atoms with E-state index in [9.17, 15) is 4.79 Å². The standard InChI is InChI=1S/C10H18N2O3/c1-15-7-4-8(11-5-7)9(14)12-10(6-13)2-3-10/h7-8,11,13H,2-6H2,1H3,(H,12,14). The van der Waals surface area contributed by atoms with Crippen LogP contribution in [-0.2, 0) is 9.53 Å². The first-order valence-electron chi connectivity index (χ1n) is 5.38. The fourth-order valence-electron chi connectivity index (χ4n) is 1.90. The highest BCUT2D eigenvalue weighted by Gasteiger charge is 2.45. The molecule has 0 aromatic heterocycles. The molecule has 2 unspecified atom stereocenters. The fraction of sp³-hybridized carbons (Fsp3) is 0.900. The molecule has 0 bridgehead atoms. The number of hydrogen-bond acceptors (Lipinski definition) is 4. The predicted octanol–water partition coefficient (Wildman–Crippen LogP) is -0.996. The van der Waals surface area contributed by atoms with E-state index in [0.717, 1.165) is 19.4 Å². The second kappa shape index (κ2) is 4.08. The molecule has 1 aliphatic carbocycles. The summed E-state index contributed by atoms with van der Waals surface area (Å²) < 4.78 is 5.17. The summed E-state index contributed by atoms with van der Waals surface area (Å²) in [6, 6.07) is -0.168. The van der Waals surface area contributed by atoms with Crippen molar-refractivity contribution in [3.63, 3.8) is 0 Å². The van der Waals surface area contributed by atoms with Crippen molar-refractivity contribution in [2.75, 3.05) is 20.3 Å². The molecular formula is C10H18N2O3. The van der Waals surface area contributed by atoms with Crippen LogP contribution in [0.2, 0.25) is 0 Å². The first-order valence-corrected chi connectivity index (χ1v) is 5.38. The van der Waals surface area contributed by atoms with E-state index in [4.69, 9.17) is 9.84 Å². The van der Waals surface area contributed by atoms with Crippen molar-refractivity contribution in [2.24, 2.45) is 0 Å². The van der Waals surface area contributed by atoms with Crippen LogP contribution < -0.4 is 10.6 Å². The van der Waals surface area contributed by atoms with E-state index in [-0.39, 0.29) is 30.2 Å². The minimum atomic E-state index is -0.316. The Kier molecular flexibility index (Phi) is 2.95. The van der Waals surface area contributed by atoms with E-state index in [1.165, 1.54) is 0 Å².